The Morgan fingerprint density at radius 3 is 2.80 bits per heavy atom. The van der Waals surface area contributed by atoms with Crippen molar-refractivity contribution in [1.82, 2.24) is 0 Å². The molecular formula is C14H16O. The topological polar surface area (TPSA) is 9.23 Å². The van der Waals surface area contributed by atoms with Crippen LogP contribution >= 0.6 is 0 Å². The van der Waals surface area contributed by atoms with Gasteiger partial charge in [0.1, 0.15) is 11.5 Å². The van der Waals surface area contributed by atoms with Crippen LogP contribution in [0.25, 0.3) is 0 Å². The molecule has 15 heavy (non-hydrogen) atoms. The Balaban J connectivity index is 2.53. The van der Waals surface area contributed by atoms with Crippen LogP contribution < -0.4 is 4.74 Å². The van der Waals surface area contributed by atoms with E-state index in [0.717, 1.165) is 17.9 Å². The fourth-order valence-electron chi connectivity index (χ4n) is 2.19. The highest BCUT2D eigenvalue weighted by Crippen LogP contribution is 2.40. The highest BCUT2D eigenvalue weighted by atomic mass is 16.5. The molecule has 0 spiro atoms. The summed E-state index contributed by atoms with van der Waals surface area (Å²) in [6, 6.07) is 8.24. The minimum absolute atomic E-state index is 0.475. The summed E-state index contributed by atoms with van der Waals surface area (Å²) >= 11 is 0. The van der Waals surface area contributed by atoms with Crippen molar-refractivity contribution in [3.63, 3.8) is 0 Å². The van der Waals surface area contributed by atoms with Gasteiger partial charge in [0, 0.05) is 11.5 Å². The van der Waals surface area contributed by atoms with E-state index in [1.165, 1.54) is 11.1 Å². The molecule has 1 aromatic rings. The zero-order valence-electron chi connectivity index (χ0n) is 9.29. The zero-order chi connectivity index (χ0) is 10.8. The van der Waals surface area contributed by atoms with E-state index in [9.17, 15) is 0 Å². The molecule has 1 aliphatic heterocycles. The van der Waals surface area contributed by atoms with E-state index >= 15 is 0 Å². The standard InChI is InChI=1S/C14H16O/c1-4-11-10(3)13(5-2)15-14-9-7-6-8-12(11)14/h5-9,11H,2,4H2,1,3H3. The second kappa shape index (κ2) is 3.93. The van der Waals surface area contributed by atoms with Gasteiger partial charge in [0.25, 0.3) is 0 Å². The Morgan fingerprint density at radius 2 is 2.13 bits per heavy atom. The van der Waals surface area contributed by atoms with E-state index in [2.05, 4.69) is 32.6 Å². The molecule has 0 saturated heterocycles. The molecule has 0 fully saturated rings. The van der Waals surface area contributed by atoms with Gasteiger partial charge >= 0.3 is 0 Å². The van der Waals surface area contributed by atoms with E-state index in [-0.39, 0.29) is 0 Å². The Bertz CT molecular complexity index is 415. The molecule has 1 nitrogen and oxygen atoms in total. The van der Waals surface area contributed by atoms with Crippen LogP contribution in [0.1, 0.15) is 31.7 Å². The maximum Gasteiger partial charge on any atom is 0.131 e. The Labute approximate surface area is 91.1 Å². The predicted molar refractivity (Wildman–Crippen MR) is 63.0 cm³/mol. The molecular weight excluding hydrogens is 184 g/mol. The number of hydrogen-bond acceptors (Lipinski definition) is 1. The monoisotopic (exact) mass is 200 g/mol. The molecule has 0 N–H and O–H groups in total. The molecule has 0 aliphatic carbocycles. The number of rotatable bonds is 2. The highest BCUT2D eigenvalue weighted by molar-refractivity contribution is 5.47. The van der Waals surface area contributed by atoms with Gasteiger partial charge in [-0.25, -0.2) is 0 Å². The molecule has 1 aliphatic rings. The summed E-state index contributed by atoms with van der Waals surface area (Å²) in [5.74, 6) is 2.37. The average Bonchev–Trinajstić information content (AvgIpc) is 2.28. The van der Waals surface area contributed by atoms with E-state index in [1.54, 1.807) is 6.08 Å². The first kappa shape index (κ1) is 10.0. The lowest BCUT2D eigenvalue weighted by atomic mass is 9.86. The quantitative estimate of drug-likeness (QED) is 0.700. The molecule has 0 aromatic heterocycles. The lowest BCUT2D eigenvalue weighted by Crippen LogP contribution is -2.12. The van der Waals surface area contributed by atoms with Gasteiger partial charge < -0.3 is 4.74 Å². The molecule has 1 heterocycles. The van der Waals surface area contributed by atoms with E-state index in [4.69, 9.17) is 4.74 Å². The molecule has 1 atom stereocenters. The number of fused-ring (bicyclic) bond motifs is 1. The minimum Gasteiger partial charge on any atom is -0.457 e. The Kier molecular flexibility index (Phi) is 2.63. The molecule has 1 heteroatoms. The summed E-state index contributed by atoms with van der Waals surface area (Å²) in [7, 11) is 0. The summed E-state index contributed by atoms with van der Waals surface area (Å²) < 4.78 is 5.79. The fraction of sp³-hybridized carbons (Fsp3) is 0.286. The lowest BCUT2D eigenvalue weighted by molar-refractivity contribution is 0.405. The van der Waals surface area contributed by atoms with Crippen LogP contribution in [-0.2, 0) is 0 Å². The van der Waals surface area contributed by atoms with Crippen molar-refractivity contribution in [3.8, 4) is 5.75 Å². The smallest absolute Gasteiger partial charge is 0.131 e. The first-order valence-corrected chi connectivity index (χ1v) is 5.38. The molecule has 0 amide bonds. The molecule has 0 saturated carbocycles. The highest BCUT2D eigenvalue weighted by Gasteiger charge is 2.23. The van der Waals surface area contributed by atoms with Crippen LogP contribution in [0.4, 0.5) is 0 Å². The van der Waals surface area contributed by atoms with Gasteiger partial charge in [-0.05, 0) is 31.1 Å². The average molecular weight is 200 g/mol. The second-order valence-corrected chi connectivity index (χ2v) is 3.85. The van der Waals surface area contributed by atoms with E-state index < -0.39 is 0 Å². The number of hydrogen-bond donors (Lipinski definition) is 0. The van der Waals surface area contributed by atoms with Gasteiger partial charge in [-0.2, -0.15) is 0 Å². The van der Waals surface area contributed by atoms with Gasteiger partial charge in [0.15, 0.2) is 0 Å². The minimum atomic E-state index is 0.475. The Hall–Kier alpha value is -1.50. The summed E-state index contributed by atoms with van der Waals surface area (Å²) in [4.78, 5) is 0. The normalized spacial score (nSPS) is 19.5. The number of para-hydroxylation sites is 1. The van der Waals surface area contributed by atoms with Crippen LogP contribution in [0.5, 0.6) is 5.75 Å². The summed E-state index contributed by atoms with van der Waals surface area (Å²) in [5.41, 5.74) is 2.58. The van der Waals surface area contributed by atoms with Crippen molar-refractivity contribution in [2.24, 2.45) is 0 Å². The summed E-state index contributed by atoms with van der Waals surface area (Å²) in [6.45, 7) is 8.13. The van der Waals surface area contributed by atoms with Crippen molar-refractivity contribution in [1.29, 1.82) is 0 Å². The molecule has 1 unspecified atom stereocenters. The zero-order valence-corrected chi connectivity index (χ0v) is 9.29. The fourth-order valence-corrected chi connectivity index (χ4v) is 2.19. The van der Waals surface area contributed by atoms with E-state index in [0.29, 0.717) is 5.92 Å². The maximum atomic E-state index is 5.79. The maximum absolute atomic E-state index is 5.79. The van der Waals surface area contributed by atoms with Crippen molar-refractivity contribution >= 4 is 0 Å². The number of allylic oxidation sites excluding steroid dienone is 2. The van der Waals surface area contributed by atoms with Crippen LogP contribution in [0.3, 0.4) is 0 Å². The first-order chi connectivity index (χ1) is 7.27. The van der Waals surface area contributed by atoms with E-state index in [1.807, 2.05) is 12.1 Å². The largest absolute Gasteiger partial charge is 0.457 e. The molecule has 78 valence electrons. The van der Waals surface area contributed by atoms with Crippen LogP contribution in [0.15, 0.2) is 48.3 Å². The molecule has 0 bridgehead atoms. The Morgan fingerprint density at radius 1 is 1.40 bits per heavy atom. The van der Waals surface area contributed by atoms with Gasteiger partial charge in [0.2, 0.25) is 0 Å². The van der Waals surface area contributed by atoms with Crippen molar-refractivity contribution in [2.75, 3.05) is 0 Å². The second-order valence-electron chi connectivity index (χ2n) is 3.85. The molecule has 2 rings (SSSR count). The third kappa shape index (κ3) is 1.58. The predicted octanol–water partition coefficient (Wildman–Crippen LogP) is 4.03. The van der Waals surface area contributed by atoms with Crippen LogP contribution in [0, 0.1) is 0 Å². The van der Waals surface area contributed by atoms with Crippen molar-refractivity contribution < 1.29 is 4.74 Å². The van der Waals surface area contributed by atoms with Gasteiger partial charge in [-0.1, -0.05) is 31.7 Å². The van der Waals surface area contributed by atoms with Crippen molar-refractivity contribution in [2.45, 2.75) is 26.2 Å². The van der Waals surface area contributed by atoms with Crippen LogP contribution in [-0.4, -0.2) is 0 Å². The lowest BCUT2D eigenvalue weighted by Gasteiger charge is -2.27. The third-order valence-corrected chi connectivity index (χ3v) is 3.02. The molecule has 1 aromatic carbocycles. The van der Waals surface area contributed by atoms with Crippen molar-refractivity contribution in [3.05, 3.63) is 53.8 Å². The first-order valence-electron chi connectivity index (χ1n) is 5.38. The summed E-state index contributed by atoms with van der Waals surface area (Å²) in [6.07, 6.45) is 2.90. The van der Waals surface area contributed by atoms with Gasteiger partial charge in [-0.15, -0.1) is 0 Å². The van der Waals surface area contributed by atoms with Gasteiger partial charge in [0.05, 0.1) is 0 Å². The number of ether oxygens (including phenoxy) is 1. The molecule has 0 radical (unpaired) electrons. The van der Waals surface area contributed by atoms with Gasteiger partial charge in [-0.3, -0.25) is 0 Å². The third-order valence-electron chi connectivity index (χ3n) is 3.02. The SMILES string of the molecule is C=CC1=C(C)C(CC)c2ccccc2O1. The van der Waals surface area contributed by atoms with Crippen LogP contribution in [0.2, 0.25) is 0 Å². The number of benzene rings is 1. The summed E-state index contributed by atoms with van der Waals surface area (Å²) in [5, 5.41) is 0.